The van der Waals surface area contributed by atoms with Crippen molar-refractivity contribution in [2.24, 2.45) is 0 Å². The molecule has 4 aromatic rings. The summed E-state index contributed by atoms with van der Waals surface area (Å²) in [7, 11) is 3.15. The molecule has 8 heteroatoms. The number of aryl methyl sites for hydroxylation is 1. The van der Waals surface area contributed by atoms with E-state index in [1.54, 1.807) is 50.7 Å². The third-order valence-electron chi connectivity index (χ3n) is 7.20. The molecule has 0 aliphatic heterocycles. The molecule has 2 heterocycles. The number of nitrogens with one attached hydrogen (secondary N) is 1. The van der Waals surface area contributed by atoms with Crippen LogP contribution in [0.15, 0.2) is 48.0 Å². The number of ketones is 1. The van der Waals surface area contributed by atoms with Crippen LogP contribution < -0.4 is 14.4 Å². The topological polar surface area (TPSA) is 84.5 Å². The van der Waals surface area contributed by atoms with Crippen molar-refractivity contribution in [2.75, 3.05) is 19.1 Å². The fraction of sp³-hybridized carbons (Fsp3) is 0.345. The Kier molecular flexibility index (Phi) is 7.28. The number of nitrogens with zero attached hydrogens (tertiary/aromatic N) is 2. The van der Waals surface area contributed by atoms with Gasteiger partial charge in [-0.05, 0) is 61.7 Å². The van der Waals surface area contributed by atoms with Gasteiger partial charge in [0.15, 0.2) is 10.9 Å². The standard InChI is InChI=1S/C29H31N3O4S/c1-18-22(17-25(33)32(29-30-15-16-37-29)20-7-5-4-6-8-20)26-23(31-18)13-14-24(36-3)27(26)28(34)19-9-11-21(35-2)12-10-19/h9-16,20,31H,4-8,17H2,1-3H3. The van der Waals surface area contributed by atoms with E-state index in [0.717, 1.165) is 53.0 Å². The summed E-state index contributed by atoms with van der Waals surface area (Å²) in [6.07, 6.45) is 7.30. The maximum Gasteiger partial charge on any atom is 0.233 e. The summed E-state index contributed by atoms with van der Waals surface area (Å²) in [6, 6.07) is 10.9. The third-order valence-corrected chi connectivity index (χ3v) is 7.98. The molecule has 1 aliphatic carbocycles. The molecule has 1 saturated carbocycles. The lowest BCUT2D eigenvalue weighted by molar-refractivity contribution is -0.118. The number of amides is 1. The number of anilines is 1. The van der Waals surface area contributed by atoms with Crippen LogP contribution in [0.5, 0.6) is 11.5 Å². The second-order valence-corrected chi connectivity index (χ2v) is 10.3. The number of thiazole rings is 1. The van der Waals surface area contributed by atoms with Gasteiger partial charge in [-0.1, -0.05) is 19.3 Å². The molecule has 1 aliphatic rings. The van der Waals surface area contributed by atoms with Crippen LogP contribution in [-0.2, 0) is 11.2 Å². The maximum absolute atomic E-state index is 13.9. The Balaban J connectivity index is 1.58. The van der Waals surface area contributed by atoms with Crippen LogP contribution in [0.2, 0.25) is 0 Å². The molecule has 5 rings (SSSR count). The highest BCUT2D eigenvalue weighted by molar-refractivity contribution is 7.13. The van der Waals surface area contributed by atoms with Gasteiger partial charge in [-0.3, -0.25) is 14.5 Å². The van der Waals surface area contributed by atoms with Crippen molar-refractivity contribution in [3.63, 3.8) is 0 Å². The third kappa shape index (κ3) is 4.85. The van der Waals surface area contributed by atoms with Crippen LogP contribution in [0.25, 0.3) is 10.9 Å². The summed E-state index contributed by atoms with van der Waals surface area (Å²) in [5.74, 6) is 0.985. The van der Waals surface area contributed by atoms with Crippen molar-refractivity contribution >= 4 is 39.1 Å². The number of rotatable bonds is 8. The molecule has 0 spiro atoms. The van der Waals surface area contributed by atoms with E-state index in [4.69, 9.17) is 9.47 Å². The first kappa shape index (κ1) is 25.0. The Labute approximate surface area is 220 Å². The Bertz CT molecular complexity index is 1400. The molecule has 0 radical (unpaired) electrons. The van der Waals surface area contributed by atoms with Crippen LogP contribution in [0, 0.1) is 6.92 Å². The van der Waals surface area contributed by atoms with Crippen molar-refractivity contribution in [1.82, 2.24) is 9.97 Å². The second-order valence-electron chi connectivity index (χ2n) is 9.40. The fourth-order valence-corrected chi connectivity index (χ4v) is 6.08. The molecule has 0 bridgehead atoms. The molecular formula is C29H31N3O4S. The number of H-pyrrole nitrogens is 1. The monoisotopic (exact) mass is 517 g/mol. The molecule has 0 unspecified atom stereocenters. The molecule has 1 fully saturated rings. The average Bonchev–Trinajstić information content (AvgIpc) is 3.56. The smallest absolute Gasteiger partial charge is 0.233 e. The first-order chi connectivity index (χ1) is 18.0. The summed E-state index contributed by atoms with van der Waals surface area (Å²) < 4.78 is 10.9. The Morgan fingerprint density at radius 2 is 1.81 bits per heavy atom. The minimum atomic E-state index is -0.165. The highest BCUT2D eigenvalue weighted by atomic mass is 32.1. The lowest BCUT2D eigenvalue weighted by Crippen LogP contribution is -2.42. The molecule has 2 aromatic heterocycles. The maximum atomic E-state index is 13.9. The van der Waals surface area contributed by atoms with E-state index in [1.165, 1.54) is 17.8 Å². The summed E-state index contributed by atoms with van der Waals surface area (Å²) in [5, 5.41) is 3.38. The van der Waals surface area contributed by atoms with Gasteiger partial charge < -0.3 is 14.5 Å². The normalized spacial score (nSPS) is 14.0. The van der Waals surface area contributed by atoms with Crippen LogP contribution in [0.3, 0.4) is 0 Å². The zero-order chi connectivity index (χ0) is 25.9. The van der Waals surface area contributed by atoms with E-state index >= 15 is 0 Å². The highest BCUT2D eigenvalue weighted by Crippen LogP contribution is 2.36. The van der Waals surface area contributed by atoms with Gasteiger partial charge in [0, 0.05) is 39.8 Å². The van der Waals surface area contributed by atoms with Gasteiger partial charge in [0.25, 0.3) is 0 Å². The predicted molar refractivity (Wildman–Crippen MR) is 146 cm³/mol. The highest BCUT2D eigenvalue weighted by Gasteiger charge is 2.31. The Morgan fingerprint density at radius 3 is 2.46 bits per heavy atom. The molecule has 0 saturated heterocycles. The largest absolute Gasteiger partial charge is 0.497 e. The number of aromatic nitrogens is 2. The van der Waals surface area contributed by atoms with E-state index in [9.17, 15) is 9.59 Å². The van der Waals surface area contributed by atoms with Gasteiger partial charge in [0.2, 0.25) is 5.91 Å². The Morgan fingerprint density at radius 1 is 1.05 bits per heavy atom. The lowest BCUT2D eigenvalue weighted by atomic mass is 9.93. The van der Waals surface area contributed by atoms with Gasteiger partial charge in [0.05, 0.1) is 26.2 Å². The van der Waals surface area contributed by atoms with Crippen LogP contribution in [0.4, 0.5) is 5.13 Å². The number of ether oxygens (including phenoxy) is 2. The van der Waals surface area contributed by atoms with E-state index in [2.05, 4.69) is 9.97 Å². The first-order valence-electron chi connectivity index (χ1n) is 12.6. The first-order valence-corrected chi connectivity index (χ1v) is 13.5. The van der Waals surface area contributed by atoms with E-state index < -0.39 is 0 Å². The molecular weight excluding hydrogens is 486 g/mol. The molecule has 7 nitrogen and oxygen atoms in total. The van der Waals surface area contributed by atoms with E-state index in [1.807, 2.05) is 23.3 Å². The van der Waals surface area contributed by atoms with Gasteiger partial charge in [0.1, 0.15) is 11.5 Å². The Hall–Kier alpha value is -3.65. The summed E-state index contributed by atoms with van der Waals surface area (Å²) in [5.41, 5.74) is 3.46. The van der Waals surface area contributed by atoms with Crippen LogP contribution >= 0.6 is 11.3 Å². The molecule has 192 valence electrons. The van der Waals surface area contributed by atoms with E-state index in [-0.39, 0.29) is 24.2 Å². The molecule has 1 N–H and O–H groups in total. The fourth-order valence-electron chi connectivity index (χ4n) is 5.35. The lowest BCUT2D eigenvalue weighted by Gasteiger charge is -2.32. The van der Waals surface area contributed by atoms with Crippen molar-refractivity contribution in [3.8, 4) is 11.5 Å². The number of fused-ring (bicyclic) bond motifs is 1. The van der Waals surface area contributed by atoms with Crippen molar-refractivity contribution in [2.45, 2.75) is 51.5 Å². The molecule has 0 atom stereocenters. The van der Waals surface area contributed by atoms with Crippen LogP contribution in [0.1, 0.15) is 59.3 Å². The number of hydrogen-bond donors (Lipinski definition) is 1. The van der Waals surface area contributed by atoms with Gasteiger partial charge >= 0.3 is 0 Å². The zero-order valence-electron chi connectivity index (χ0n) is 21.4. The molecule has 1 amide bonds. The number of carbonyl (C=O) groups excluding carboxylic acids is 2. The summed E-state index contributed by atoms with van der Waals surface area (Å²) in [4.78, 5) is 37.5. The number of carbonyl (C=O) groups is 2. The van der Waals surface area contributed by atoms with E-state index in [0.29, 0.717) is 22.6 Å². The molecule has 2 aromatic carbocycles. The SMILES string of the molecule is COc1ccc(C(=O)c2c(OC)ccc3[nH]c(C)c(CC(=O)N(c4nccs4)C4CCCCC4)c23)cc1. The quantitative estimate of drug-likeness (QED) is 0.286. The number of benzene rings is 2. The number of hydrogen-bond acceptors (Lipinski definition) is 6. The van der Waals surface area contributed by atoms with Crippen molar-refractivity contribution < 1.29 is 19.1 Å². The minimum Gasteiger partial charge on any atom is -0.497 e. The second kappa shape index (κ2) is 10.8. The van der Waals surface area contributed by atoms with Crippen molar-refractivity contribution in [1.29, 1.82) is 0 Å². The summed E-state index contributed by atoms with van der Waals surface area (Å²) >= 11 is 1.49. The zero-order valence-corrected chi connectivity index (χ0v) is 22.2. The number of methoxy groups -OCH3 is 2. The predicted octanol–water partition coefficient (Wildman–Crippen LogP) is 6.09. The van der Waals surface area contributed by atoms with Gasteiger partial charge in [-0.2, -0.15) is 0 Å². The summed E-state index contributed by atoms with van der Waals surface area (Å²) in [6.45, 7) is 1.95. The van der Waals surface area contributed by atoms with Gasteiger partial charge in [-0.25, -0.2) is 4.98 Å². The molecule has 37 heavy (non-hydrogen) atoms. The van der Waals surface area contributed by atoms with Crippen molar-refractivity contribution in [3.05, 3.63) is 70.4 Å². The van der Waals surface area contributed by atoms with Crippen LogP contribution in [-0.4, -0.2) is 41.9 Å². The number of aromatic amines is 1. The van der Waals surface area contributed by atoms with Gasteiger partial charge in [-0.15, -0.1) is 11.3 Å². The average molecular weight is 518 g/mol. The minimum absolute atomic E-state index is 0.00323.